The van der Waals surface area contributed by atoms with Crippen molar-refractivity contribution in [3.8, 4) is 0 Å². The SMILES string of the molecule is CC(C)[C@H](C)C(=O)N1CC2(CC2)C[C@H]1c1nc2c(ccc3cc(B4OC(C)(C)C(C)(C)O4)ccc32)[nH]1.S.S. The van der Waals surface area contributed by atoms with Crippen LogP contribution in [0.15, 0.2) is 30.3 Å². The van der Waals surface area contributed by atoms with Crippen molar-refractivity contribution in [1.82, 2.24) is 14.9 Å². The highest BCUT2D eigenvalue weighted by Crippen LogP contribution is 2.58. The van der Waals surface area contributed by atoms with Crippen molar-refractivity contribution in [3.63, 3.8) is 0 Å². The van der Waals surface area contributed by atoms with E-state index >= 15 is 0 Å². The zero-order valence-corrected chi connectivity index (χ0v) is 25.6. The molecule has 6 rings (SSSR count). The van der Waals surface area contributed by atoms with Crippen LogP contribution in [0, 0.1) is 17.3 Å². The molecule has 0 bridgehead atoms. The van der Waals surface area contributed by atoms with Crippen molar-refractivity contribution >= 4 is 67.3 Å². The fraction of sp³-hybridized carbons (Fsp3) is 0.586. The molecule has 2 saturated heterocycles. The van der Waals surface area contributed by atoms with E-state index < -0.39 is 0 Å². The monoisotopic (exact) mass is 555 g/mol. The highest BCUT2D eigenvalue weighted by atomic mass is 32.1. The Morgan fingerprint density at radius 1 is 1.05 bits per heavy atom. The van der Waals surface area contributed by atoms with Crippen LogP contribution in [0.3, 0.4) is 0 Å². The first kappa shape index (κ1) is 29.3. The van der Waals surface area contributed by atoms with Gasteiger partial charge >= 0.3 is 7.12 Å². The van der Waals surface area contributed by atoms with Gasteiger partial charge in [0.05, 0.1) is 28.3 Å². The van der Waals surface area contributed by atoms with Crippen LogP contribution in [0.25, 0.3) is 21.8 Å². The van der Waals surface area contributed by atoms with Crippen molar-refractivity contribution < 1.29 is 14.1 Å². The van der Waals surface area contributed by atoms with E-state index in [1.165, 1.54) is 12.8 Å². The molecule has 0 radical (unpaired) electrons. The van der Waals surface area contributed by atoms with Gasteiger partial charge in [0.25, 0.3) is 0 Å². The number of nitrogens with zero attached hydrogens (tertiary/aromatic N) is 2. The van der Waals surface area contributed by atoms with Crippen molar-refractivity contribution in [3.05, 3.63) is 36.2 Å². The molecule has 1 spiro atoms. The molecule has 3 aliphatic rings. The lowest BCUT2D eigenvalue weighted by molar-refractivity contribution is -0.137. The third kappa shape index (κ3) is 4.67. The molecular formula is C29H42BN3O3S2. The number of rotatable bonds is 4. The summed E-state index contributed by atoms with van der Waals surface area (Å²) in [6.07, 6.45) is 3.44. The number of H-pyrrole nitrogens is 1. The van der Waals surface area contributed by atoms with Crippen LogP contribution in [0.2, 0.25) is 0 Å². The zero-order chi connectivity index (χ0) is 25.6. The highest BCUT2D eigenvalue weighted by molar-refractivity contribution is 7.59. The third-order valence-corrected chi connectivity index (χ3v) is 9.49. The molecule has 1 amide bonds. The lowest BCUT2D eigenvalue weighted by atomic mass is 9.78. The molecule has 206 valence electrons. The van der Waals surface area contributed by atoms with Gasteiger partial charge in [-0.2, -0.15) is 27.0 Å². The lowest BCUT2D eigenvalue weighted by Gasteiger charge is -2.32. The quantitative estimate of drug-likeness (QED) is 0.427. The van der Waals surface area contributed by atoms with Crippen LogP contribution in [0.1, 0.15) is 79.6 Å². The fourth-order valence-corrected chi connectivity index (χ4v) is 5.74. The van der Waals surface area contributed by atoms with Crippen LogP contribution in [0.4, 0.5) is 0 Å². The molecule has 6 nitrogen and oxygen atoms in total. The second-order valence-corrected chi connectivity index (χ2v) is 12.9. The van der Waals surface area contributed by atoms with Gasteiger partial charge in [0.15, 0.2) is 0 Å². The Hall–Kier alpha value is -1.68. The number of nitrogens with one attached hydrogen (secondary N) is 1. The highest BCUT2D eigenvalue weighted by Gasteiger charge is 2.55. The summed E-state index contributed by atoms with van der Waals surface area (Å²) in [4.78, 5) is 24.2. The Morgan fingerprint density at radius 3 is 2.32 bits per heavy atom. The van der Waals surface area contributed by atoms with Gasteiger partial charge in [0.2, 0.25) is 5.91 Å². The Balaban J connectivity index is 0.00000168. The van der Waals surface area contributed by atoms with E-state index in [9.17, 15) is 4.79 Å². The number of likely N-dealkylation sites (tertiary alicyclic amines) is 1. The Morgan fingerprint density at radius 2 is 1.71 bits per heavy atom. The minimum atomic E-state index is -0.388. The molecule has 3 aromatic rings. The summed E-state index contributed by atoms with van der Waals surface area (Å²) in [5, 5.41) is 2.21. The number of hydrogen-bond acceptors (Lipinski definition) is 4. The number of fused-ring (bicyclic) bond motifs is 3. The van der Waals surface area contributed by atoms with Crippen LogP contribution in [-0.4, -0.2) is 45.6 Å². The number of carbonyl (C=O) groups is 1. The van der Waals surface area contributed by atoms with Gasteiger partial charge < -0.3 is 19.2 Å². The molecule has 3 fully saturated rings. The molecule has 3 heterocycles. The predicted octanol–water partition coefficient (Wildman–Crippen LogP) is 5.59. The maximum atomic E-state index is 13.4. The van der Waals surface area contributed by atoms with Gasteiger partial charge in [-0.1, -0.05) is 45.0 Å². The molecule has 1 N–H and O–H groups in total. The van der Waals surface area contributed by atoms with E-state index in [1.807, 2.05) is 0 Å². The molecule has 1 aromatic heterocycles. The molecule has 1 saturated carbocycles. The van der Waals surface area contributed by atoms with Gasteiger partial charge in [-0.3, -0.25) is 4.79 Å². The maximum absolute atomic E-state index is 13.4. The average Bonchev–Trinajstić information content (AvgIpc) is 3.17. The minimum Gasteiger partial charge on any atom is -0.399 e. The Kier molecular flexibility index (Phi) is 7.52. The van der Waals surface area contributed by atoms with Crippen molar-refractivity contribution in [1.29, 1.82) is 0 Å². The first-order valence-corrected chi connectivity index (χ1v) is 13.5. The van der Waals surface area contributed by atoms with Crippen molar-refractivity contribution in [2.45, 2.75) is 85.0 Å². The first-order chi connectivity index (χ1) is 16.9. The summed E-state index contributed by atoms with van der Waals surface area (Å²) < 4.78 is 12.5. The van der Waals surface area contributed by atoms with E-state index in [4.69, 9.17) is 14.3 Å². The standard InChI is InChI=1S/C29H38BN3O3.2H2S/c1-17(2)18(3)26(34)33-16-29(12-13-29)15-23(33)25-31-22-11-8-19-14-20(9-10-21(19)24(22)32-25)30-35-27(4,5)28(6,7)36-30;;/h8-11,14,17-18,23H,12-13,15-16H2,1-7H3,(H,31,32);2*1H2/t18-,23-;;/m0../s1. The number of amides is 1. The largest absolute Gasteiger partial charge is 0.494 e. The van der Waals surface area contributed by atoms with E-state index in [0.717, 1.165) is 46.1 Å². The van der Waals surface area contributed by atoms with Gasteiger partial charge in [-0.15, -0.1) is 0 Å². The molecule has 38 heavy (non-hydrogen) atoms. The molecule has 2 aromatic carbocycles. The second-order valence-electron chi connectivity index (χ2n) is 12.9. The van der Waals surface area contributed by atoms with Gasteiger partial charge in [-0.25, -0.2) is 4.98 Å². The topological polar surface area (TPSA) is 67.5 Å². The van der Waals surface area contributed by atoms with E-state index in [-0.39, 0.29) is 63.2 Å². The third-order valence-electron chi connectivity index (χ3n) is 9.49. The maximum Gasteiger partial charge on any atom is 0.494 e. The van der Waals surface area contributed by atoms with Crippen LogP contribution < -0.4 is 5.46 Å². The van der Waals surface area contributed by atoms with Gasteiger partial charge in [0.1, 0.15) is 5.82 Å². The first-order valence-electron chi connectivity index (χ1n) is 13.5. The Labute approximate surface area is 240 Å². The molecule has 0 unspecified atom stereocenters. The van der Waals surface area contributed by atoms with E-state index in [1.54, 1.807) is 0 Å². The smallest absolute Gasteiger partial charge is 0.399 e. The predicted molar refractivity (Wildman–Crippen MR) is 165 cm³/mol. The molecular weight excluding hydrogens is 513 g/mol. The number of hydrogen-bond donors (Lipinski definition) is 1. The van der Waals surface area contributed by atoms with Gasteiger partial charge in [-0.05, 0) is 75.2 Å². The number of carbonyl (C=O) groups excluding carboxylic acids is 1. The van der Waals surface area contributed by atoms with E-state index in [2.05, 4.69) is 88.7 Å². The van der Waals surface area contributed by atoms with Crippen molar-refractivity contribution in [2.75, 3.05) is 6.54 Å². The summed E-state index contributed by atoms with van der Waals surface area (Å²) in [6, 6.07) is 10.6. The summed E-state index contributed by atoms with van der Waals surface area (Å²) in [5.74, 6) is 1.52. The van der Waals surface area contributed by atoms with E-state index in [0.29, 0.717) is 11.3 Å². The average molecular weight is 556 g/mol. The summed E-state index contributed by atoms with van der Waals surface area (Å²) in [7, 11) is -0.388. The number of benzene rings is 2. The number of aromatic nitrogens is 2. The number of imidazole rings is 1. The number of aromatic amines is 1. The van der Waals surface area contributed by atoms with Crippen LogP contribution in [0.5, 0.6) is 0 Å². The molecule has 9 heteroatoms. The summed E-state index contributed by atoms with van der Waals surface area (Å²) in [5.41, 5.74) is 2.55. The zero-order valence-electron chi connectivity index (χ0n) is 23.6. The summed E-state index contributed by atoms with van der Waals surface area (Å²) >= 11 is 0. The normalized spacial score (nSPS) is 23.6. The minimum absolute atomic E-state index is 0. The second kappa shape index (κ2) is 9.75. The Bertz CT molecular complexity index is 1350. The van der Waals surface area contributed by atoms with Crippen LogP contribution in [-0.2, 0) is 14.1 Å². The molecule has 1 aliphatic carbocycles. The molecule has 2 atom stereocenters. The van der Waals surface area contributed by atoms with Crippen LogP contribution >= 0.6 is 27.0 Å². The van der Waals surface area contributed by atoms with Crippen molar-refractivity contribution in [2.24, 2.45) is 17.3 Å². The summed E-state index contributed by atoms with van der Waals surface area (Å²) in [6.45, 7) is 15.5. The lowest BCUT2D eigenvalue weighted by Crippen LogP contribution is -2.41. The fourth-order valence-electron chi connectivity index (χ4n) is 5.74. The molecule has 2 aliphatic heterocycles. The van der Waals surface area contributed by atoms with Gasteiger partial charge in [0, 0.05) is 17.8 Å².